The van der Waals surface area contributed by atoms with Crippen LogP contribution in [0.15, 0.2) is 18.2 Å². The molecule has 3 heterocycles. The summed E-state index contributed by atoms with van der Waals surface area (Å²) in [6.07, 6.45) is 1.07. The standard InChI is InChI=1S/C19H24N2O3/c1-5-19(18(23)24)8-9-21-15(19)10-12(4)16(21)17(22)14-7-6-13(20-14)11(2)3/h6-7,10-11,20H,5,8-9H2,1-4H3,(H,23,24). The Morgan fingerprint density at radius 3 is 2.62 bits per heavy atom. The molecule has 2 aromatic rings. The lowest BCUT2D eigenvalue weighted by atomic mass is 9.81. The normalized spacial score (nSPS) is 19.7. The highest BCUT2D eigenvalue weighted by Gasteiger charge is 2.46. The van der Waals surface area contributed by atoms with E-state index in [4.69, 9.17) is 0 Å². The summed E-state index contributed by atoms with van der Waals surface area (Å²) in [6.45, 7) is 8.49. The fourth-order valence-electron chi connectivity index (χ4n) is 3.78. The second kappa shape index (κ2) is 5.65. The van der Waals surface area contributed by atoms with Crippen LogP contribution in [-0.4, -0.2) is 26.4 Å². The van der Waals surface area contributed by atoms with Crippen molar-refractivity contribution in [3.63, 3.8) is 0 Å². The van der Waals surface area contributed by atoms with Crippen LogP contribution in [0.5, 0.6) is 0 Å². The molecule has 5 heteroatoms. The van der Waals surface area contributed by atoms with Gasteiger partial charge in [0.05, 0.1) is 11.4 Å². The van der Waals surface area contributed by atoms with E-state index in [1.165, 1.54) is 0 Å². The van der Waals surface area contributed by atoms with Gasteiger partial charge < -0.3 is 14.7 Å². The van der Waals surface area contributed by atoms with E-state index in [1.807, 2.05) is 36.6 Å². The van der Waals surface area contributed by atoms with Gasteiger partial charge in [-0.3, -0.25) is 9.59 Å². The average Bonchev–Trinajstić information content (AvgIpc) is 3.20. The Morgan fingerprint density at radius 1 is 1.38 bits per heavy atom. The molecule has 0 saturated carbocycles. The Hall–Kier alpha value is -2.30. The third-order valence-electron chi connectivity index (χ3n) is 5.34. The fourth-order valence-corrected chi connectivity index (χ4v) is 3.78. The molecule has 0 fully saturated rings. The number of aryl methyl sites for hydroxylation is 1. The van der Waals surface area contributed by atoms with Gasteiger partial charge in [-0.05, 0) is 49.4 Å². The summed E-state index contributed by atoms with van der Waals surface area (Å²) in [5.74, 6) is -0.546. The highest BCUT2D eigenvalue weighted by atomic mass is 16.4. The van der Waals surface area contributed by atoms with Crippen LogP contribution in [0.4, 0.5) is 0 Å². The third-order valence-corrected chi connectivity index (χ3v) is 5.34. The quantitative estimate of drug-likeness (QED) is 0.823. The molecular weight excluding hydrogens is 304 g/mol. The number of nitrogens with one attached hydrogen (secondary N) is 1. The van der Waals surface area contributed by atoms with Gasteiger partial charge in [-0.1, -0.05) is 20.8 Å². The predicted octanol–water partition coefficient (Wildman–Crippen LogP) is 3.62. The molecule has 1 aliphatic rings. The number of carboxylic acid groups (broad SMARTS) is 1. The van der Waals surface area contributed by atoms with Crippen molar-refractivity contribution >= 4 is 11.8 Å². The van der Waals surface area contributed by atoms with Crippen molar-refractivity contribution < 1.29 is 14.7 Å². The minimum absolute atomic E-state index is 0.0667. The number of aliphatic carboxylic acids is 1. The van der Waals surface area contributed by atoms with Gasteiger partial charge in [0, 0.05) is 17.9 Å². The average molecular weight is 328 g/mol. The molecule has 2 N–H and O–H groups in total. The van der Waals surface area contributed by atoms with Gasteiger partial charge in [0.2, 0.25) is 5.78 Å². The molecule has 1 unspecified atom stereocenters. The van der Waals surface area contributed by atoms with Gasteiger partial charge in [0.15, 0.2) is 0 Å². The molecule has 0 amide bonds. The molecule has 0 saturated heterocycles. The summed E-state index contributed by atoms with van der Waals surface area (Å²) in [4.78, 5) is 28.0. The summed E-state index contributed by atoms with van der Waals surface area (Å²) in [5, 5.41) is 9.73. The first-order chi connectivity index (χ1) is 11.3. The predicted molar refractivity (Wildman–Crippen MR) is 91.7 cm³/mol. The zero-order valence-corrected chi connectivity index (χ0v) is 14.6. The van der Waals surface area contributed by atoms with Crippen molar-refractivity contribution in [2.24, 2.45) is 0 Å². The zero-order valence-electron chi connectivity index (χ0n) is 14.6. The smallest absolute Gasteiger partial charge is 0.315 e. The van der Waals surface area contributed by atoms with E-state index in [9.17, 15) is 14.7 Å². The van der Waals surface area contributed by atoms with Crippen molar-refractivity contribution in [3.05, 3.63) is 46.5 Å². The maximum Gasteiger partial charge on any atom is 0.315 e. The Balaban J connectivity index is 2.06. The molecule has 2 aromatic heterocycles. The second-order valence-corrected chi connectivity index (χ2v) is 7.01. The summed E-state index contributed by atoms with van der Waals surface area (Å²) in [6, 6.07) is 5.63. The SMILES string of the molecule is CCC1(C(=O)O)CCn2c1cc(C)c2C(=O)c1ccc(C(C)C)[nH]1. The highest BCUT2D eigenvalue weighted by molar-refractivity contribution is 6.08. The summed E-state index contributed by atoms with van der Waals surface area (Å²) < 4.78 is 1.91. The van der Waals surface area contributed by atoms with Crippen LogP contribution in [0, 0.1) is 6.92 Å². The maximum atomic E-state index is 13.0. The van der Waals surface area contributed by atoms with Crippen molar-refractivity contribution in [3.8, 4) is 0 Å². The van der Waals surface area contributed by atoms with E-state index in [0.29, 0.717) is 36.7 Å². The maximum absolute atomic E-state index is 13.0. The first kappa shape index (κ1) is 16.6. The molecule has 5 nitrogen and oxygen atoms in total. The molecule has 0 radical (unpaired) electrons. The van der Waals surface area contributed by atoms with E-state index in [-0.39, 0.29) is 5.78 Å². The largest absolute Gasteiger partial charge is 0.481 e. The molecule has 1 aliphatic heterocycles. The third kappa shape index (κ3) is 2.22. The monoisotopic (exact) mass is 328 g/mol. The van der Waals surface area contributed by atoms with Crippen molar-refractivity contribution in [1.82, 2.24) is 9.55 Å². The molecule has 0 aromatic carbocycles. The molecule has 3 rings (SSSR count). The molecule has 0 aliphatic carbocycles. The minimum Gasteiger partial charge on any atom is -0.481 e. The van der Waals surface area contributed by atoms with E-state index in [1.54, 1.807) is 0 Å². The molecule has 0 spiro atoms. The number of carbonyl (C=O) groups excluding carboxylic acids is 1. The van der Waals surface area contributed by atoms with Crippen LogP contribution < -0.4 is 0 Å². The Morgan fingerprint density at radius 2 is 2.08 bits per heavy atom. The van der Waals surface area contributed by atoms with Crippen LogP contribution in [0.25, 0.3) is 0 Å². The summed E-state index contributed by atoms with van der Waals surface area (Å²) >= 11 is 0. The van der Waals surface area contributed by atoms with Gasteiger partial charge in [0.1, 0.15) is 5.41 Å². The van der Waals surface area contributed by atoms with Crippen LogP contribution >= 0.6 is 0 Å². The fraction of sp³-hybridized carbons (Fsp3) is 0.474. The van der Waals surface area contributed by atoms with Gasteiger partial charge in [-0.25, -0.2) is 0 Å². The number of carbonyl (C=O) groups is 2. The van der Waals surface area contributed by atoms with E-state index < -0.39 is 11.4 Å². The number of hydrogen-bond acceptors (Lipinski definition) is 2. The number of aromatic amines is 1. The van der Waals surface area contributed by atoms with Crippen LogP contribution in [0.3, 0.4) is 0 Å². The number of rotatable bonds is 5. The van der Waals surface area contributed by atoms with Crippen molar-refractivity contribution in [2.45, 2.75) is 58.4 Å². The Bertz CT molecular complexity index is 813. The van der Waals surface area contributed by atoms with E-state index in [0.717, 1.165) is 17.0 Å². The molecule has 0 bridgehead atoms. The van der Waals surface area contributed by atoms with E-state index in [2.05, 4.69) is 18.8 Å². The molecule has 24 heavy (non-hydrogen) atoms. The Kier molecular flexibility index (Phi) is 3.90. The lowest BCUT2D eigenvalue weighted by Crippen LogP contribution is -2.32. The molecule has 128 valence electrons. The Labute approximate surface area is 141 Å². The van der Waals surface area contributed by atoms with E-state index >= 15 is 0 Å². The lowest BCUT2D eigenvalue weighted by molar-refractivity contribution is -0.144. The zero-order chi connectivity index (χ0) is 17.6. The van der Waals surface area contributed by atoms with Crippen LogP contribution in [-0.2, 0) is 16.8 Å². The first-order valence-corrected chi connectivity index (χ1v) is 8.49. The summed E-state index contributed by atoms with van der Waals surface area (Å²) in [7, 11) is 0. The van der Waals surface area contributed by atoms with Gasteiger partial charge in [-0.15, -0.1) is 0 Å². The van der Waals surface area contributed by atoms with Gasteiger partial charge >= 0.3 is 5.97 Å². The number of carboxylic acids is 1. The molecular formula is C19H24N2O3. The molecule has 1 atom stereocenters. The number of nitrogens with zero attached hydrogens (tertiary/aromatic N) is 1. The second-order valence-electron chi connectivity index (χ2n) is 7.01. The lowest BCUT2D eigenvalue weighted by Gasteiger charge is -2.21. The first-order valence-electron chi connectivity index (χ1n) is 8.49. The summed E-state index contributed by atoms with van der Waals surface area (Å²) in [5.41, 5.74) is 2.93. The van der Waals surface area contributed by atoms with Gasteiger partial charge in [0.25, 0.3) is 0 Å². The van der Waals surface area contributed by atoms with Crippen molar-refractivity contribution in [2.75, 3.05) is 0 Å². The number of hydrogen-bond donors (Lipinski definition) is 2. The van der Waals surface area contributed by atoms with Crippen LogP contribution in [0.1, 0.15) is 72.7 Å². The highest BCUT2D eigenvalue weighted by Crippen LogP contribution is 2.41. The van der Waals surface area contributed by atoms with Gasteiger partial charge in [-0.2, -0.15) is 0 Å². The topological polar surface area (TPSA) is 75.1 Å². The number of fused-ring (bicyclic) bond motifs is 1. The number of ketones is 1. The minimum atomic E-state index is -0.873. The number of H-pyrrole nitrogens is 1. The van der Waals surface area contributed by atoms with Crippen molar-refractivity contribution in [1.29, 1.82) is 0 Å². The van der Waals surface area contributed by atoms with Crippen LogP contribution in [0.2, 0.25) is 0 Å². The number of aromatic nitrogens is 2.